The first-order valence-corrected chi connectivity index (χ1v) is 19.5. The highest BCUT2D eigenvalue weighted by Gasteiger charge is 2.64. The van der Waals surface area contributed by atoms with Gasteiger partial charge in [0.1, 0.15) is 6.10 Å². The van der Waals surface area contributed by atoms with Gasteiger partial charge in [0.25, 0.3) is 0 Å². The van der Waals surface area contributed by atoms with E-state index in [1.54, 1.807) is 11.8 Å². The summed E-state index contributed by atoms with van der Waals surface area (Å²) in [6.45, 7) is 24.5. The summed E-state index contributed by atoms with van der Waals surface area (Å²) in [6.07, 6.45) is 13.1. The molecular weight excluding hydrogens is 509 g/mol. The van der Waals surface area contributed by atoms with Crippen LogP contribution in [0.3, 0.4) is 0 Å². The molecule has 0 heterocycles. The van der Waals surface area contributed by atoms with E-state index in [2.05, 4.69) is 80.3 Å². The van der Waals surface area contributed by atoms with Crippen molar-refractivity contribution in [2.24, 2.45) is 34.0 Å². The SMILES string of the molecule is CCC#CCC[C@@H]1[C@H](OC(=S)SC)CC[C@H]2[C@@]1(C)CC[C@H]1C(C)(C)[C@@H](O[Si](C)(C)C(C)(C)C)CC[C@]21C. The number of fused-ring (bicyclic) bond motifs is 3. The molecule has 0 aromatic rings. The molecule has 0 unspecified atom stereocenters. The molecule has 3 aliphatic carbocycles. The summed E-state index contributed by atoms with van der Waals surface area (Å²) in [5.74, 6) is 8.69. The Bertz CT molecular complexity index is 881. The maximum atomic E-state index is 7.17. The molecule has 0 N–H and O–H groups in total. The highest BCUT2D eigenvalue weighted by molar-refractivity contribution is 8.22. The second-order valence-corrected chi connectivity index (χ2v) is 21.1. The molecule has 0 bridgehead atoms. The number of thiocarbonyl (C=S) groups is 1. The normalized spacial score (nSPS) is 37.5. The predicted octanol–water partition coefficient (Wildman–Crippen LogP) is 9.87. The number of hydrogen-bond donors (Lipinski definition) is 0. The van der Waals surface area contributed by atoms with Gasteiger partial charge in [-0.1, -0.05) is 67.2 Å². The molecule has 0 spiro atoms. The third kappa shape index (κ3) is 6.03. The first kappa shape index (κ1) is 31.5. The topological polar surface area (TPSA) is 18.5 Å². The van der Waals surface area contributed by atoms with Crippen LogP contribution in [0, 0.1) is 45.8 Å². The maximum Gasteiger partial charge on any atom is 0.219 e. The maximum absolute atomic E-state index is 7.17. The van der Waals surface area contributed by atoms with Crippen LogP contribution in [0.2, 0.25) is 18.1 Å². The number of rotatable bonds is 5. The molecular formula is C32H56O2S2Si. The van der Waals surface area contributed by atoms with E-state index in [4.69, 9.17) is 21.4 Å². The Balaban J connectivity index is 1.90. The number of hydrogen-bond acceptors (Lipinski definition) is 4. The molecule has 3 rings (SSSR count). The molecule has 0 radical (unpaired) electrons. The zero-order valence-electron chi connectivity index (χ0n) is 25.9. The highest BCUT2D eigenvalue weighted by Crippen LogP contribution is 2.69. The molecule has 0 saturated heterocycles. The van der Waals surface area contributed by atoms with Crippen molar-refractivity contribution >= 4 is 36.7 Å². The second kappa shape index (κ2) is 11.5. The van der Waals surface area contributed by atoms with Gasteiger partial charge in [0, 0.05) is 18.8 Å². The van der Waals surface area contributed by atoms with Crippen molar-refractivity contribution < 1.29 is 9.16 Å². The first-order valence-electron chi connectivity index (χ1n) is 14.9. The Hall–Kier alpha value is -0.0231. The predicted molar refractivity (Wildman–Crippen MR) is 169 cm³/mol. The Morgan fingerprint density at radius 1 is 0.973 bits per heavy atom. The van der Waals surface area contributed by atoms with Crippen LogP contribution in [-0.4, -0.2) is 31.2 Å². The summed E-state index contributed by atoms with van der Waals surface area (Å²) in [5.41, 5.74) is 0.821. The van der Waals surface area contributed by atoms with Crippen LogP contribution in [-0.2, 0) is 9.16 Å². The highest BCUT2D eigenvalue weighted by atomic mass is 32.2. The van der Waals surface area contributed by atoms with E-state index >= 15 is 0 Å². The molecule has 0 amide bonds. The van der Waals surface area contributed by atoms with E-state index in [1.807, 2.05) is 6.26 Å². The Labute approximate surface area is 240 Å². The van der Waals surface area contributed by atoms with Crippen molar-refractivity contribution in [3.63, 3.8) is 0 Å². The lowest BCUT2D eigenvalue weighted by Crippen LogP contribution is -2.63. The molecule has 3 saturated carbocycles. The molecule has 0 aliphatic heterocycles. The lowest BCUT2D eigenvalue weighted by atomic mass is 9.38. The van der Waals surface area contributed by atoms with Crippen LogP contribution in [0.5, 0.6) is 0 Å². The minimum absolute atomic E-state index is 0.194. The van der Waals surface area contributed by atoms with E-state index in [1.165, 1.54) is 32.1 Å². The smallest absolute Gasteiger partial charge is 0.219 e. The summed E-state index contributed by atoms with van der Waals surface area (Å²) >= 11 is 7.13. The summed E-state index contributed by atoms with van der Waals surface area (Å²) in [7, 11) is -1.82. The van der Waals surface area contributed by atoms with Gasteiger partial charge in [0.05, 0.1) is 6.10 Å². The average Bonchev–Trinajstić information content (AvgIpc) is 2.78. The summed E-state index contributed by atoms with van der Waals surface area (Å²) in [6, 6.07) is 0. The quantitative estimate of drug-likeness (QED) is 0.188. The van der Waals surface area contributed by atoms with Gasteiger partial charge in [-0.15, -0.1) is 11.8 Å². The lowest BCUT2D eigenvalue weighted by Gasteiger charge is -2.68. The molecule has 3 fully saturated rings. The van der Waals surface area contributed by atoms with Gasteiger partial charge in [0.2, 0.25) is 4.38 Å². The Kier molecular flexibility index (Phi) is 9.76. The molecule has 0 aromatic carbocycles. The lowest BCUT2D eigenvalue weighted by molar-refractivity contribution is -0.204. The van der Waals surface area contributed by atoms with Crippen LogP contribution in [0.1, 0.15) is 113 Å². The van der Waals surface area contributed by atoms with Crippen LogP contribution in [0.15, 0.2) is 0 Å². The van der Waals surface area contributed by atoms with Crippen LogP contribution in [0.25, 0.3) is 0 Å². The third-order valence-corrected chi connectivity index (χ3v) is 17.1. The van der Waals surface area contributed by atoms with E-state index in [0.29, 0.717) is 27.7 Å². The zero-order valence-corrected chi connectivity index (χ0v) is 28.5. The van der Waals surface area contributed by atoms with Gasteiger partial charge in [-0.25, -0.2) is 0 Å². The molecule has 212 valence electrons. The molecule has 37 heavy (non-hydrogen) atoms. The van der Waals surface area contributed by atoms with Crippen molar-refractivity contribution in [3.05, 3.63) is 0 Å². The third-order valence-electron chi connectivity index (χ3n) is 11.6. The standard InChI is InChI=1S/C32H56O2S2Si/c1-12-13-14-15-16-23-24(33-28(35)36-9)17-18-26-31(23,7)21-19-25-30(5,6)27(20-22-32(25,26)8)34-37(10,11)29(2,3)4/h23-27H,12,15-22H2,1-11H3/t23-,24-,25+,26+,27+,31+,32+/m1/s1. The molecule has 7 atom stereocenters. The largest absolute Gasteiger partial charge is 0.475 e. The fraction of sp³-hybridized carbons (Fsp3) is 0.906. The second-order valence-electron chi connectivity index (χ2n) is 14.9. The zero-order chi connectivity index (χ0) is 27.9. The minimum Gasteiger partial charge on any atom is -0.475 e. The van der Waals surface area contributed by atoms with E-state index in [9.17, 15) is 0 Å². The van der Waals surface area contributed by atoms with E-state index in [-0.39, 0.29) is 22.0 Å². The molecule has 5 heteroatoms. The summed E-state index contributed by atoms with van der Waals surface area (Å²) in [5, 5.41) is 0.249. The van der Waals surface area contributed by atoms with Crippen LogP contribution < -0.4 is 0 Å². The fourth-order valence-corrected chi connectivity index (χ4v) is 10.5. The Morgan fingerprint density at radius 2 is 1.62 bits per heavy atom. The van der Waals surface area contributed by atoms with Gasteiger partial charge in [-0.3, -0.25) is 0 Å². The average molecular weight is 565 g/mol. The van der Waals surface area contributed by atoms with Crippen molar-refractivity contribution in [2.45, 2.75) is 144 Å². The van der Waals surface area contributed by atoms with Gasteiger partial charge in [0.15, 0.2) is 8.32 Å². The fourth-order valence-electron chi connectivity index (χ4n) is 8.64. The van der Waals surface area contributed by atoms with Crippen LogP contribution in [0.4, 0.5) is 0 Å². The van der Waals surface area contributed by atoms with E-state index in [0.717, 1.165) is 31.6 Å². The van der Waals surface area contributed by atoms with Crippen molar-refractivity contribution in [3.8, 4) is 11.8 Å². The van der Waals surface area contributed by atoms with E-state index < -0.39 is 8.32 Å². The van der Waals surface area contributed by atoms with Gasteiger partial charge in [-0.05, 0) is 110 Å². The van der Waals surface area contributed by atoms with Crippen molar-refractivity contribution in [1.29, 1.82) is 0 Å². The summed E-state index contributed by atoms with van der Waals surface area (Å²) in [4.78, 5) is 0. The Morgan fingerprint density at radius 3 is 2.22 bits per heavy atom. The molecule has 3 aliphatic rings. The first-order chi connectivity index (χ1) is 17.0. The monoisotopic (exact) mass is 564 g/mol. The van der Waals surface area contributed by atoms with Crippen molar-refractivity contribution in [1.82, 2.24) is 0 Å². The summed E-state index contributed by atoms with van der Waals surface area (Å²) < 4.78 is 14.3. The van der Waals surface area contributed by atoms with Gasteiger partial charge >= 0.3 is 0 Å². The molecule has 2 nitrogen and oxygen atoms in total. The van der Waals surface area contributed by atoms with Crippen molar-refractivity contribution in [2.75, 3.05) is 6.26 Å². The van der Waals surface area contributed by atoms with Gasteiger partial charge in [-0.2, -0.15) is 0 Å². The van der Waals surface area contributed by atoms with Crippen LogP contribution >= 0.6 is 24.0 Å². The number of ether oxygens (including phenoxy) is 1. The van der Waals surface area contributed by atoms with Gasteiger partial charge < -0.3 is 9.16 Å². The molecule has 0 aromatic heterocycles. The number of thioether (sulfide) groups is 1. The minimum atomic E-state index is -1.82.